The molecule has 0 radical (unpaired) electrons. The van der Waals surface area contributed by atoms with E-state index in [1.807, 2.05) is 0 Å². The van der Waals surface area contributed by atoms with Crippen molar-refractivity contribution >= 4 is 11.4 Å². The van der Waals surface area contributed by atoms with E-state index in [2.05, 4.69) is 89.2 Å². The number of benzene rings is 2. The Hall–Kier alpha value is -1.82. The van der Waals surface area contributed by atoms with Crippen LogP contribution in [0.5, 0.6) is 0 Å². The fraction of sp³-hybridized carbons (Fsp3) is 0.746. The Morgan fingerprint density at radius 1 is 0.364 bits per heavy atom. The summed E-state index contributed by atoms with van der Waals surface area (Å²) in [6.07, 6.45) is 58.3. The summed E-state index contributed by atoms with van der Waals surface area (Å²) in [6, 6.07) is 17.4. The van der Waals surface area contributed by atoms with E-state index in [9.17, 15) is 5.53 Å². The average Bonchev–Trinajstić information content (AvgIpc) is 3.67. The average molecular weight is 1000 g/mol. The number of hydrogen-bond donors (Lipinski definition) is 0. The molecular weight excluding hydrogens is 891 g/mol. The zero-order chi connectivity index (χ0) is 47.4. The molecule has 0 amide bonds. The van der Waals surface area contributed by atoms with Crippen LogP contribution in [0.25, 0.3) is 16.9 Å². The van der Waals surface area contributed by atoms with E-state index >= 15 is 0 Å². The van der Waals surface area contributed by atoms with Crippen molar-refractivity contribution in [2.75, 3.05) is 0 Å². The topological polar surface area (TPSA) is 25.3 Å². The van der Waals surface area contributed by atoms with Gasteiger partial charge in [0.05, 0.1) is 0 Å². The molecule has 0 atom stereocenters. The number of rotatable bonds is 44. The molecule has 0 saturated carbocycles. The molecule has 2 nitrogen and oxygen atoms in total. The number of allylic oxidation sites excluding steroid dienone is 2. The fourth-order valence-corrected chi connectivity index (χ4v) is 11.4. The van der Waals surface area contributed by atoms with Gasteiger partial charge in [-0.05, 0) is 73.9 Å². The van der Waals surface area contributed by atoms with E-state index < -0.39 is 0 Å². The van der Waals surface area contributed by atoms with E-state index in [1.54, 1.807) is 9.79 Å². The van der Waals surface area contributed by atoms with Gasteiger partial charge < -0.3 is 5.53 Å². The van der Waals surface area contributed by atoms with Crippen LogP contribution in [0, 0.1) is 0 Å². The minimum Gasteiger partial charge on any atom is -0.493 e. The third-order valence-corrected chi connectivity index (χ3v) is 16.0. The predicted molar refractivity (Wildman–Crippen MR) is 292 cm³/mol. The summed E-state index contributed by atoms with van der Waals surface area (Å²) in [7, 11) is 0. The minimum absolute atomic E-state index is 0.899. The summed E-state index contributed by atoms with van der Waals surface area (Å²) < 4.78 is 1.44. The van der Waals surface area contributed by atoms with Crippen LogP contribution >= 0.6 is 0 Å². The summed E-state index contributed by atoms with van der Waals surface area (Å²) in [6.45, 7) is 11.3. The summed E-state index contributed by atoms with van der Waals surface area (Å²) in [5, 5.41) is 0. The first kappa shape index (κ1) is 60.3. The van der Waals surface area contributed by atoms with E-state index in [1.165, 1.54) is 246 Å². The molecule has 0 unspecified atom stereocenters. The van der Waals surface area contributed by atoms with Crippen LogP contribution in [0.4, 0.5) is 0 Å². The first-order valence-corrected chi connectivity index (χ1v) is 31.4. The number of hydrogen-bond acceptors (Lipinski definition) is 0. The Bertz CT molecular complexity index is 1450. The van der Waals surface area contributed by atoms with Gasteiger partial charge in [-0.1, -0.05) is 136 Å². The standard InChI is InChI=1S/C29H38N2.2C17H35.Pd/c1-4-7-10-14-24-16-12-19-26(21-24)29-27(17-9-6-3)22-28(31(29)30)25-18-11-15-23(20-25)13-8-5-2;2*1-3-5-7-9-11-13-15-17-16-14-12-10-8-6-4-2;/h11-12,15-16,18-22H,4-10,13-14,17H2,1-3H3;2*1,3-17H2,2H3;. The second-order valence-corrected chi connectivity index (χ2v) is 22.5. The summed E-state index contributed by atoms with van der Waals surface area (Å²) in [5.74, 6) is 0. The molecule has 2 aromatic carbocycles. The van der Waals surface area contributed by atoms with Crippen molar-refractivity contribution in [3.05, 3.63) is 88.0 Å². The minimum atomic E-state index is 0.899. The predicted octanol–water partition coefficient (Wildman–Crippen LogP) is 22.4. The van der Waals surface area contributed by atoms with E-state index in [-0.39, 0.29) is 0 Å². The van der Waals surface area contributed by atoms with E-state index in [0.717, 1.165) is 72.6 Å². The molecule has 0 N–H and O–H groups in total. The van der Waals surface area contributed by atoms with Gasteiger partial charge in [-0.25, -0.2) is 4.70 Å². The van der Waals surface area contributed by atoms with Crippen molar-refractivity contribution in [1.82, 2.24) is 0 Å². The Morgan fingerprint density at radius 2 is 0.697 bits per heavy atom. The number of unbranched alkanes of at least 4 members (excludes halogenated alkanes) is 32. The van der Waals surface area contributed by atoms with Crippen LogP contribution < -0.4 is 0 Å². The summed E-state index contributed by atoms with van der Waals surface area (Å²) >= 11 is 1.06. The molecule has 380 valence electrons. The SMILES string of the molecule is CCCCCCCCCCCCCCCC[CH2][Pd][CH2]CCCCCCCCCCCCCCCC.CCCCCc1cccc(C2=C(CCCC)C=C(c3cccc(CCCC)c3)[N+]2=[N-])c1. The molecule has 1 aliphatic heterocycles. The molecule has 1 heterocycles. The number of aryl methyl sites for hydroxylation is 2. The molecule has 0 fully saturated rings. The molecule has 0 aromatic heterocycles. The second kappa shape index (κ2) is 44.4. The molecule has 66 heavy (non-hydrogen) atoms. The second-order valence-electron chi connectivity index (χ2n) is 20.2. The van der Waals surface area contributed by atoms with E-state index in [0.29, 0.717) is 0 Å². The maximum atomic E-state index is 11.3. The quantitative estimate of drug-likeness (QED) is 0.0359. The molecule has 3 rings (SSSR count). The van der Waals surface area contributed by atoms with Crippen LogP contribution in [-0.2, 0) is 30.8 Å². The van der Waals surface area contributed by atoms with Crippen molar-refractivity contribution in [2.45, 2.75) is 301 Å². The smallest absolute Gasteiger partial charge is 0.493 e. The first-order valence-electron chi connectivity index (χ1n) is 29.2. The normalized spacial score (nSPS) is 12.6. The van der Waals surface area contributed by atoms with Crippen LogP contribution in [0.1, 0.15) is 301 Å². The van der Waals surface area contributed by atoms with Gasteiger partial charge >= 0.3 is 169 Å². The molecule has 3 heteroatoms. The van der Waals surface area contributed by atoms with Gasteiger partial charge in [0.1, 0.15) is 0 Å². The summed E-state index contributed by atoms with van der Waals surface area (Å²) in [4.78, 5) is 3.09. The van der Waals surface area contributed by atoms with Gasteiger partial charge in [-0.3, -0.25) is 0 Å². The maximum absolute atomic E-state index is 11.3. The molecule has 0 spiro atoms. The van der Waals surface area contributed by atoms with Gasteiger partial charge in [0.15, 0.2) is 0 Å². The molecule has 2 aromatic rings. The van der Waals surface area contributed by atoms with Crippen molar-refractivity contribution in [3.8, 4) is 0 Å². The zero-order valence-electron chi connectivity index (χ0n) is 44.6. The van der Waals surface area contributed by atoms with Crippen molar-refractivity contribution < 1.29 is 22.7 Å². The van der Waals surface area contributed by atoms with Crippen molar-refractivity contribution in [2.24, 2.45) is 0 Å². The van der Waals surface area contributed by atoms with E-state index in [4.69, 9.17) is 0 Å². The molecule has 0 aliphatic carbocycles. The molecule has 0 saturated heterocycles. The van der Waals surface area contributed by atoms with Gasteiger partial charge in [-0.2, -0.15) is 0 Å². The Labute approximate surface area is 420 Å². The zero-order valence-corrected chi connectivity index (χ0v) is 46.2. The Morgan fingerprint density at radius 3 is 1.12 bits per heavy atom. The monoisotopic (exact) mass is 999 g/mol. The molecular formula is C63H108N2Pd. The van der Waals surface area contributed by atoms with Gasteiger partial charge in [-0.15, -0.1) is 0 Å². The molecule has 0 bridgehead atoms. The van der Waals surface area contributed by atoms with Crippen LogP contribution in [0.2, 0.25) is 9.79 Å². The summed E-state index contributed by atoms with van der Waals surface area (Å²) in [5.41, 5.74) is 19.3. The Balaban J connectivity index is 0.000000456. The third-order valence-electron chi connectivity index (χ3n) is 13.8. The third kappa shape index (κ3) is 30.6. The molecule has 1 aliphatic rings. The van der Waals surface area contributed by atoms with Gasteiger partial charge in [0, 0.05) is 22.8 Å². The van der Waals surface area contributed by atoms with Crippen molar-refractivity contribution in [3.63, 3.8) is 0 Å². The van der Waals surface area contributed by atoms with Crippen LogP contribution in [-0.4, -0.2) is 4.70 Å². The van der Waals surface area contributed by atoms with Gasteiger partial charge in [0.2, 0.25) is 11.4 Å². The van der Waals surface area contributed by atoms with Crippen LogP contribution in [0.15, 0.2) is 60.2 Å². The number of nitrogens with zero attached hydrogens (tertiary/aromatic N) is 2. The first-order chi connectivity index (χ1) is 32.6. The Kier molecular flexibility index (Phi) is 40.6. The van der Waals surface area contributed by atoms with Crippen LogP contribution in [0.3, 0.4) is 0 Å². The fourth-order valence-electron chi connectivity index (χ4n) is 9.48. The van der Waals surface area contributed by atoms with Crippen molar-refractivity contribution in [1.29, 1.82) is 0 Å². The van der Waals surface area contributed by atoms with Gasteiger partial charge in [0.25, 0.3) is 0 Å².